The molecule has 10 nitrogen and oxygen atoms in total. The van der Waals surface area contributed by atoms with Crippen molar-refractivity contribution in [1.29, 1.82) is 0 Å². The molecule has 0 atom stereocenters. The Morgan fingerprint density at radius 3 is 2.73 bits per heavy atom. The molecule has 13 heteroatoms. The molecule has 0 radical (unpaired) electrons. The molecule has 160 valence electrons. The molecule has 0 unspecified atom stereocenters. The van der Waals surface area contributed by atoms with Crippen LogP contribution >= 0.6 is 34.4 Å². The number of halogens is 1. The van der Waals surface area contributed by atoms with Gasteiger partial charge in [0.05, 0.1) is 5.75 Å². The zero-order chi connectivity index (χ0) is 21.3. The van der Waals surface area contributed by atoms with E-state index < -0.39 is 10.0 Å². The molecule has 0 aliphatic carbocycles. The molecule has 0 saturated carbocycles. The normalized spacial score (nSPS) is 13.7. The lowest BCUT2D eigenvalue weighted by Gasteiger charge is -2.19. The largest absolute Gasteiger partial charge is 0.486 e. The molecule has 30 heavy (non-hydrogen) atoms. The molecule has 0 fully saturated rings. The number of fused-ring (bicyclic) bond motifs is 2. The van der Waals surface area contributed by atoms with Crippen molar-refractivity contribution in [1.82, 2.24) is 24.2 Å². The summed E-state index contributed by atoms with van der Waals surface area (Å²) in [5.41, 5.74) is 6.91. The number of aryl methyl sites for hydroxylation is 1. The van der Waals surface area contributed by atoms with Gasteiger partial charge in [-0.25, -0.2) is 28.1 Å². The number of imidazole rings is 1. The maximum absolute atomic E-state index is 12.2. The first-order valence-corrected chi connectivity index (χ1v) is 12.6. The van der Waals surface area contributed by atoms with E-state index in [-0.39, 0.29) is 18.1 Å². The lowest BCUT2D eigenvalue weighted by molar-refractivity contribution is 0.171. The number of rotatable bonds is 7. The van der Waals surface area contributed by atoms with Crippen LogP contribution in [0.15, 0.2) is 28.5 Å². The lowest BCUT2D eigenvalue weighted by atomic mass is 10.3. The zero-order valence-corrected chi connectivity index (χ0v) is 19.8. The van der Waals surface area contributed by atoms with Crippen LogP contribution in [-0.4, -0.2) is 53.4 Å². The monoisotopic (exact) mass is 562 g/mol. The SMILES string of the molecule is CCNS(=O)(=O)CCn1c(Sc2cc3c(cc2I)OCCO3)nc2c(N)ncnc21. The maximum atomic E-state index is 12.2. The van der Waals surface area contributed by atoms with Crippen molar-refractivity contribution in [3.05, 3.63) is 22.0 Å². The highest BCUT2D eigenvalue weighted by atomic mass is 127. The molecule has 0 saturated heterocycles. The fourth-order valence-corrected chi connectivity index (χ4v) is 5.66. The van der Waals surface area contributed by atoms with Crippen LogP contribution in [0.1, 0.15) is 6.92 Å². The molecule has 3 aromatic rings. The summed E-state index contributed by atoms with van der Waals surface area (Å²) in [4.78, 5) is 13.8. The van der Waals surface area contributed by atoms with Gasteiger partial charge < -0.3 is 19.8 Å². The average Bonchev–Trinajstić information content (AvgIpc) is 3.05. The summed E-state index contributed by atoms with van der Waals surface area (Å²) >= 11 is 3.61. The van der Waals surface area contributed by atoms with Crippen LogP contribution in [0.4, 0.5) is 5.82 Å². The van der Waals surface area contributed by atoms with Gasteiger partial charge in [-0.2, -0.15) is 0 Å². The first-order valence-electron chi connectivity index (χ1n) is 9.09. The number of sulfonamides is 1. The zero-order valence-electron chi connectivity index (χ0n) is 16.0. The number of aromatic nitrogens is 4. The minimum absolute atomic E-state index is 0.109. The predicted octanol–water partition coefficient (Wildman–Crippen LogP) is 1.87. The molecule has 0 bridgehead atoms. The molecular formula is C17H19IN6O4S2. The Hall–Kier alpha value is -1.84. The van der Waals surface area contributed by atoms with Crippen molar-refractivity contribution in [2.45, 2.75) is 23.5 Å². The Bertz CT molecular complexity index is 1200. The van der Waals surface area contributed by atoms with E-state index >= 15 is 0 Å². The fraction of sp³-hybridized carbons (Fsp3) is 0.353. The van der Waals surface area contributed by atoms with Crippen molar-refractivity contribution in [2.75, 3.05) is 31.2 Å². The van der Waals surface area contributed by atoms with E-state index in [0.717, 1.165) is 8.47 Å². The number of nitrogens with two attached hydrogens (primary N) is 1. The second-order valence-electron chi connectivity index (χ2n) is 6.32. The van der Waals surface area contributed by atoms with Gasteiger partial charge in [0, 0.05) is 21.6 Å². The Morgan fingerprint density at radius 2 is 2.00 bits per heavy atom. The van der Waals surface area contributed by atoms with Gasteiger partial charge in [-0.1, -0.05) is 18.7 Å². The van der Waals surface area contributed by atoms with Crippen LogP contribution in [-0.2, 0) is 16.6 Å². The summed E-state index contributed by atoms with van der Waals surface area (Å²) in [5.74, 6) is 1.50. The van der Waals surface area contributed by atoms with Crippen LogP contribution < -0.4 is 19.9 Å². The second kappa shape index (κ2) is 8.72. The van der Waals surface area contributed by atoms with Crippen LogP contribution in [0, 0.1) is 3.57 Å². The molecule has 4 rings (SSSR count). The minimum atomic E-state index is -3.42. The fourth-order valence-electron chi connectivity index (χ4n) is 2.94. The topological polar surface area (TPSA) is 134 Å². The smallest absolute Gasteiger partial charge is 0.213 e. The Morgan fingerprint density at radius 1 is 1.27 bits per heavy atom. The van der Waals surface area contributed by atoms with E-state index in [0.29, 0.717) is 47.6 Å². The summed E-state index contributed by atoms with van der Waals surface area (Å²) in [6.45, 7) is 3.25. The molecule has 1 aromatic carbocycles. The van der Waals surface area contributed by atoms with Crippen LogP contribution in [0.2, 0.25) is 0 Å². The summed E-state index contributed by atoms with van der Waals surface area (Å²) in [6.07, 6.45) is 1.34. The van der Waals surface area contributed by atoms with Gasteiger partial charge in [-0.05, 0) is 34.7 Å². The van der Waals surface area contributed by atoms with E-state index in [2.05, 4.69) is 42.3 Å². The van der Waals surface area contributed by atoms with Crippen LogP contribution in [0.5, 0.6) is 11.5 Å². The van der Waals surface area contributed by atoms with Crippen molar-refractivity contribution in [3.8, 4) is 11.5 Å². The molecule has 0 amide bonds. The highest BCUT2D eigenvalue weighted by Gasteiger charge is 2.21. The lowest BCUT2D eigenvalue weighted by Crippen LogP contribution is -2.28. The van der Waals surface area contributed by atoms with Gasteiger partial charge in [0.1, 0.15) is 19.5 Å². The summed E-state index contributed by atoms with van der Waals surface area (Å²) in [5, 5.41) is 0.568. The van der Waals surface area contributed by atoms with Gasteiger partial charge in [0.2, 0.25) is 10.0 Å². The van der Waals surface area contributed by atoms with Crippen molar-refractivity contribution in [3.63, 3.8) is 0 Å². The van der Waals surface area contributed by atoms with Crippen molar-refractivity contribution < 1.29 is 17.9 Å². The van der Waals surface area contributed by atoms with E-state index in [9.17, 15) is 8.42 Å². The highest BCUT2D eigenvalue weighted by molar-refractivity contribution is 14.1. The number of nitrogens with one attached hydrogen (secondary N) is 1. The van der Waals surface area contributed by atoms with E-state index in [1.165, 1.54) is 18.1 Å². The number of nitrogen functional groups attached to an aromatic ring is 1. The maximum Gasteiger partial charge on any atom is 0.213 e. The number of anilines is 1. The molecule has 2 aromatic heterocycles. The first-order chi connectivity index (χ1) is 14.4. The summed E-state index contributed by atoms with van der Waals surface area (Å²) in [6, 6.07) is 3.81. The number of benzene rings is 1. The number of hydrogen-bond acceptors (Lipinski definition) is 9. The molecule has 1 aliphatic heterocycles. The van der Waals surface area contributed by atoms with Crippen molar-refractivity contribution >= 4 is 61.4 Å². The molecular weight excluding hydrogens is 543 g/mol. The van der Waals surface area contributed by atoms with E-state index in [1.807, 2.05) is 12.1 Å². The van der Waals surface area contributed by atoms with Gasteiger partial charge in [0.15, 0.2) is 33.6 Å². The summed E-state index contributed by atoms with van der Waals surface area (Å²) < 4.78 is 40.9. The summed E-state index contributed by atoms with van der Waals surface area (Å²) in [7, 11) is -3.42. The van der Waals surface area contributed by atoms with Gasteiger partial charge in [-0.3, -0.25) is 0 Å². The van der Waals surface area contributed by atoms with E-state index in [4.69, 9.17) is 15.2 Å². The third-order valence-corrected chi connectivity index (χ3v) is 8.03. The Kier molecular flexibility index (Phi) is 6.22. The molecule has 3 N–H and O–H groups in total. The van der Waals surface area contributed by atoms with Crippen molar-refractivity contribution in [2.24, 2.45) is 0 Å². The number of nitrogens with zero attached hydrogens (tertiary/aromatic N) is 4. The van der Waals surface area contributed by atoms with Gasteiger partial charge >= 0.3 is 0 Å². The Labute approximate surface area is 191 Å². The quantitative estimate of drug-likeness (QED) is 0.414. The number of ether oxygens (including phenoxy) is 2. The average molecular weight is 562 g/mol. The predicted molar refractivity (Wildman–Crippen MR) is 121 cm³/mol. The van der Waals surface area contributed by atoms with Crippen LogP contribution in [0.3, 0.4) is 0 Å². The third-order valence-electron chi connectivity index (χ3n) is 4.27. The molecule has 0 spiro atoms. The highest BCUT2D eigenvalue weighted by Crippen LogP contribution is 2.40. The van der Waals surface area contributed by atoms with Crippen LogP contribution in [0.25, 0.3) is 11.2 Å². The molecule has 3 heterocycles. The standard InChI is InChI=1S/C17H19IN6O4S2/c1-2-22-30(25,26)6-3-24-16-14(15(19)20-9-21-16)23-17(24)29-13-8-12-11(7-10(13)18)27-4-5-28-12/h7-9,22H,2-6H2,1H3,(H2,19,20,21). The molecule has 1 aliphatic rings. The number of hydrogen-bond donors (Lipinski definition) is 2. The Balaban J connectivity index is 1.72. The minimum Gasteiger partial charge on any atom is -0.486 e. The second-order valence-corrected chi connectivity index (χ2v) is 10.4. The first kappa shape index (κ1) is 21.4. The van der Waals surface area contributed by atoms with E-state index in [1.54, 1.807) is 11.5 Å². The van der Waals surface area contributed by atoms with Gasteiger partial charge in [-0.15, -0.1) is 0 Å². The van der Waals surface area contributed by atoms with Gasteiger partial charge in [0.25, 0.3) is 0 Å². The third kappa shape index (κ3) is 4.43.